The van der Waals surface area contributed by atoms with Gasteiger partial charge in [0.1, 0.15) is 0 Å². The number of benzene rings is 1. The summed E-state index contributed by atoms with van der Waals surface area (Å²) in [4.78, 5) is 9.41. The lowest BCUT2D eigenvalue weighted by atomic mass is 9.67. The van der Waals surface area contributed by atoms with Gasteiger partial charge >= 0.3 is 6.18 Å². The Hall–Kier alpha value is -0.800. The van der Waals surface area contributed by atoms with Gasteiger partial charge in [0.2, 0.25) is 8.03 Å². The van der Waals surface area contributed by atoms with Crippen LogP contribution in [-0.2, 0) is 9.98 Å². The van der Waals surface area contributed by atoms with E-state index in [9.17, 15) is 22.6 Å². The second-order valence-electron chi connectivity index (χ2n) is 5.48. The molecule has 0 amide bonds. The molecule has 1 N–H and O–H groups in total. The minimum atomic E-state index is -4.27. The van der Waals surface area contributed by atoms with E-state index in [1.54, 1.807) is 18.2 Å². The van der Waals surface area contributed by atoms with Crippen LogP contribution in [0.15, 0.2) is 24.3 Å². The van der Waals surface area contributed by atoms with Crippen molar-refractivity contribution in [3.05, 3.63) is 29.8 Å². The predicted octanol–water partition coefficient (Wildman–Crippen LogP) is 3.93. The van der Waals surface area contributed by atoms with Crippen molar-refractivity contribution in [2.75, 3.05) is 0 Å². The first-order valence-electron chi connectivity index (χ1n) is 6.74. The maximum atomic E-state index is 13.0. The molecular formula is C14H18F3O2P. The van der Waals surface area contributed by atoms with Crippen LogP contribution >= 0.6 is 8.03 Å². The summed E-state index contributed by atoms with van der Waals surface area (Å²) in [5.41, 5.74) is -0.612. The Morgan fingerprint density at radius 1 is 1.15 bits per heavy atom. The van der Waals surface area contributed by atoms with E-state index >= 15 is 0 Å². The molecule has 6 heteroatoms. The van der Waals surface area contributed by atoms with Crippen LogP contribution in [0.3, 0.4) is 0 Å². The van der Waals surface area contributed by atoms with E-state index < -0.39 is 26.0 Å². The molecule has 0 spiro atoms. The Balaban J connectivity index is 2.49. The standard InChI is InChI=1S/C14H18F3O2P/c15-14(16,17)10-13(8-4-1-5-9-13)11-6-2-3-7-12(11)20(18)19/h2-3,6-7,20H,1,4-5,8-10H2,(H,18,19). The number of halogens is 3. The lowest BCUT2D eigenvalue weighted by Crippen LogP contribution is -2.37. The lowest BCUT2D eigenvalue weighted by molar-refractivity contribution is -0.151. The van der Waals surface area contributed by atoms with Gasteiger partial charge in [-0.2, -0.15) is 13.2 Å². The lowest BCUT2D eigenvalue weighted by Gasteiger charge is -2.39. The van der Waals surface area contributed by atoms with Crippen LogP contribution in [0.4, 0.5) is 13.2 Å². The van der Waals surface area contributed by atoms with E-state index in [1.807, 2.05) is 0 Å². The highest BCUT2D eigenvalue weighted by Gasteiger charge is 2.45. The quantitative estimate of drug-likeness (QED) is 0.859. The highest BCUT2D eigenvalue weighted by molar-refractivity contribution is 7.47. The van der Waals surface area contributed by atoms with E-state index in [4.69, 9.17) is 0 Å². The van der Waals surface area contributed by atoms with Crippen molar-refractivity contribution in [3.63, 3.8) is 0 Å². The highest BCUT2D eigenvalue weighted by Crippen LogP contribution is 2.47. The molecule has 20 heavy (non-hydrogen) atoms. The molecule has 2 nitrogen and oxygen atoms in total. The van der Waals surface area contributed by atoms with Crippen molar-refractivity contribution in [2.45, 2.75) is 50.1 Å². The Morgan fingerprint density at radius 3 is 2.30 bits per heavy atom. The van der Waals surface area contributed by atoms with Crippen LogP contribution in [0.25, 0.3) is 0 Å². The summed E-state index contributed by atoms with van der Waals surface area (Å²) >= 11 is 0. The second-order valence-corrected chi connectivity index (χ2v) is 6.63. The SMILES string of the molecule is O=[PH](O)c1ccccc1C1(CC(F)(F)F)CCCCC1. The third-order valence-corrected chi connectivity index (χ3v) is 4.98. The zero-order valence-electron chi connectivity index (χ0n) is 11.0. The van der Waals surface area contributed by atoms with Gasteiger partial charge in [0.15, 0.2) is 0 Å². The fourth-order valence-corrected chi connectivity index (χ4v) is 4.10. The third kappa shape index (κ3) is 3.44. The summed E-state index contributed by atoms with van der Waals surface area (Å²) in [6.45, 7) is 0. The van der Waals surface area contributed by atoms with Crippen molar-refractivity contribution in [2.24, 2.45) is 0 Å². The number of hydrogen-bond donors (Lipinski definition) is 1. The maximum Gasteiger partial charge on any atom is 0.389 e. The van der Waals surface area contributed by atoms with E-state index in [2.05, 4.69) is 0 Å². The molecule has 1 atom stereocenters. The van der Waals surface area contributed by atoms with Crippen LogP contribution in [0, 0.1) is 0 Å². The molecule has 1 unspecified atom stereocenters. The average Bonchev–Trinajstić information content (AvgIpc) is 2.38. The van der Waals surface area contributed by atoms with Crippen LogP contribution in [0.1, 0.15) is 44.1 Å². The number of hydrogen-bond acceptors (Lipinski definition) is 1. The summed E-state index contributed by atoms with van der Waals surface area (Å²) in [5.74, 6) is 0. The molecule has 0 aromatic heterocycles. The Labute approximate surface area is 116 Å². The van der Waals surface area contributed by atoms with Gasteiger partial charge in [-0.1, -0.05) is 37.5 Å². The molecule has 0 aliphatic heterocycles. The summed E-state index contributed by atoms with van der Waals surface area (Å²) in [6.07, 6.45) is -1.93. The number of rotatable bonds is 3. The molecule has 1 saturated carbocycles. The topological polar surface area (TPSA) is 37.3 Å². The Bertz CT molecular complexity index is 493. The van der Waals surface area contributed by atoms with Crippen molar-refractivity contribution < 1.29 is 22.6 Å². The van der Waals surface area contributed by atoms with E-state index in [0.717, 1.165) is 19.3 Å². The van der Waals surface area contributed by atoms with Gasteiger partial charge in [-0.15, -0.1) is 0 Å². The van der Waals surface area contributed by atoms with Gasteiger partial charge < -0.3 is 4.89 Å². The molecule has 112 valence electrons. The van der Waals surface area contributed by atoms with Crippen LogP contribution in [0.2, 0.25) is 0 Å². The smallest absolute Gasteiger partial charge is 0.343 e. The van der Waals surface area contributed by atoms with Crippen molar-refractivity contribution in [3.8, 4) is 0 Å². The molecule has 1 aromatic carbocycles. The molecule has 1 aromatic rings. The van der Waals surface area contributed by atoms with Crippen LogP contribution in [-0.4, -0.2) is 11.1 Å². The first kappa shape index (κ1) is 15.6. The van der Waals surface area contributed by atoms with Gasteiger partial charge in [0.25, 0.3) is 0 Å². The molecule has 1 aliphatic rings. The van der Waals surface area contributed by atoms with E-state index in [0.29, 0.717) is 18.4 Å². The number of alkyl halides is 3. The molecule has 0 bridgehead atoms. The van der Waals surface area contributed by atoms with Gasteiger partial charge in [-0.3, -0.25) is 4.57 Å². The zero-order chi connectivity index (χ0) is 14.8. The maximum absolute atomic E-state index is 13.0. The summed E-state index contributed by atoms with van der Waals surface area (Å²) in [6, 6.07) is 6.31. The largest absolute Gasteiger partial charge is 0.389 e. The minimum absolute atomic E-state index is 0.184. The van der Waals surface area contributed by atoms with Gasteiger partial charge in [-0.25, -0.2) is 0 Å². The molecule has 2 rings (SSSR count). The predicted molar refractivity (Wildman–Crippen MR) is 72.7 cm³/mol. The van der Waals surface area contributed by atoms with Crippen molar-refractivity contribution >= 4 is 13.3 Å². The second kappa shape index (κ2) is 5.90. The van der Waals surface area contributed by atoms with Crippen LogP contribution < -0.4 is 5.30 Å². The normalized spacial score (nSPS) is 20.6. The molecule has 0 radical (unpaired) electrons. The summed E-state index contributed by atoms with van der Waals surface area (Å²) in [5, 5.41) is 0.184. The monoisotopic (exact) mass is 306 g/mol. The minimum Gasteiger partial charge on any atom is -0.343 e. The third-order valence-electron chi connectivity index (χ3n) is 4.08. The Morgan fingerprint density at radius 2 is 1.75 bits per heavy atom. The van der Waals surface area contributed by atoms with Gasteiger partial charge in [-0.05, 0) is 24.5 Å². The fourth-order valence-electron chi connectivity index (χ4n) is 3.29. The van der Waals surface area contributed by atoms with Crippen molar-refractivity contribution in [1.29, 1.82) is 0 Å². The molecule has 1 fully saturated rings. The first-order valence-corrected chi connectivity index (χ1v) is 8.09. The highest BCUT2D eigenvalue weighted by atomic mass is 31.1. The van der Waals surface area contributed by atoms with Gasteiger partial charge in [0, 0.05) is 10.7 Å². The summed E-state index contributed by atoms with van der Waals surface area (Å²) in [7, 11) is -3.00. The Kier molecular flexibility index (Phi) is 4.60. The average molecular weight is 306 g/mol. The van der Waals surface area contributed by atoms with Gasteiger partial charge in [0.05, 0.1) is 6.42 Å². The van der Waals surface area contributed by atoms with E-state index in [-0.39, 0.29) is 5.30 Å². The van der Waals surface area contributed by atoms with E-state index in [1.165, 1.54) is 6.07 Å². The first-order chi connectivity index (χ1) is 9.34. The van der Waals surface area contributed by atoms with Crippen molar-refractivity contribution in [1.82, 2.24) is 0 Å². The summed E-state index contributed by atoms with van der Waals surface area (Å²) < 4.78 is 50.4. The molecule has 1 aliphatic carbocycles. The van der Waals surface area contributed by atoms with Crippen LogP contribution in [0.5, 0.6) is 0 Å². The molecular weight excluding hydrogens is 288 g/mol. The molecule has 0 saturated heterocycles. The molecule has 0 heterocycles. The zero-order valence-corrected chi connectivity index (χ0v) is 12.0. The fraction of sp³-hybridized carbons (Fsp3) is 0.571.